The molecule has 2 aromatic rings. The predicted molar refractivity (Wildman–Crippen MR) is 103 cm³/mol. The molecule has 0 N–H and O–H groups in total. The maximum Gasteiger partial charge on any atom is 0.222 e. The molecule has 4 heteroatoms. The van der Waals surface area contributed by atoms with Gasteiger partial charge in [-0.3, -0.25) is 9.69 Å². The molecule has 1 fully saturated rings. The molecule has 1 aliphatic rings. The quantitative estimate of drug-likeness (QED) is 0.788. The van der Waals surface area contributed by atoms with Gasteiger partial charge in [0, 0.05) is 44.2 Å². The van der Waals surface area contributed by atoms with Gasteiger partial charge in [0.15, 0.2) is 0 Å². The molecule has 0 unspecified atom stereocenters. The molecule has 0 radical (unpaired) electrons. The van der Waals surface area contributed by atoms with Crippen molar-refractivity contribution < 1.29 is 4.79 Å². The van der Waals surface area contributed by atoms with E-state index in [4.69, 9.17) is 11.6 Å². The normalized spacial score (nSPS) is 15.3. The first-order valence-corrected chi connectivity index (χ1v) is 9.37. The molecule has 1 amide bonds. The van der Waals surface area contributed by atoms with Crippen molar-refractivity contribution in [2.24, 2.45) is 0 Å². The first-order chi connectivity index (χ1) is 12.2. The highest BCUT2D eigenvalue weighted by atomic mass is 35.5. The molecule has 0 saturated carbocycles. The largest absolute Gasteiger partial charge is 0.340 e. The molecule has 1 aliphatic heterocycles. The lowest BCUT2D eigenvalue weighted by Crippen LogP contribution is -2.49. The number of hydrogen-bond acceptors (Lipinski definition) is 2. The monoisotopic (exact) mass is 356 g/mol. The van der Waals surface area contributed by atoms with Crippen molar-refractivity contribution in [3.8, 4) is 0 Å². The molecule has 1 heterocycles. The van der Waals surface area contributed by atoms with Crippen LogP contribution in [-0.4, -0.2) is 48.4 Å². The van der Waals surface area contributed by atoms with Crippen molar-refractivity contribution in [1.82, 2.24) is 9.80 Å². The van der Waals surface area contributed by atoms with Gasteiger partial charge in [-0.25, -0.2) is 0 Å². The van der Waals surface area contributed by atoms with Gasteiger partial charge >= 0.3 is 0 Å². The number of nitrogens with zero attached hydrogens (tertiary/aromatic N) is 2. The van der Waals surface area contributed by atoms with Crippen LogP contribution in [0.15, 0.2) is 54.6 Å². The minimum atomic E-state index is 0.279. The molecule has 2 aromatic carbocycles. The zero-order chi connectivity index (χ0) is 17.5. The highest BCUT2D eigenvalue weighted by molar-refractivity contribution is 6.30. The van der Waals surface area contributed by atoms with Crippen LogP contribution in [0, 0.1) is 0 Å². The fourth-order valence-corrected chi connectivity index (χ4v) is 3.34. The molecule has 3 nitrogen and oxygen atoms in total. The molecule has 0 aromatic heterocycles. The number of hydrogen-bond donors (Lipinski definition) is 0. The Labute approximate surface area is 155 Å². The number of rotatable bonds is 6. The molecular formula is C21H25ClN2O. The summed E-state index contributed by atoms with van der Waals surface area (Å²) in [4.78, 5) is 16.8. The van der Waals surface area contributed by atoms with Gasteiger partial charge in [-0.05, 0) is 36.1 Å². The minimum Gasteiger partial charge on any atom is -0.340 e. The Bertz CT molecular complexity index is 664. The van der Waals surface area contributed by atoms with Gasteiger partial charge in [0.25, 0.3) is 0 Å². The molecule has 3 rings (SSSR count). The second-order valence-corrected chi connectivity index (χ2v) is 7.02. The summed E-state index contributed by atoms with van der Waals surface area (Å²) >= 11 is 5.92. The fourth-order valence-electron chi connectivity index (χ4n) is 3.21. The smallest absolute Gasteiger partial charge is 0.222 e. The third-order valence-electron chi connectivity index (χ3n) is 4.83. The summed E-state index contributed by atoms with van der Waals surface area (Å²) in [6, 6.07) is 18.3. The van der Waals surface area contributed by atoms with Gasteiger partial charge in [-0.1, -0.05) is 54.1 Å². The van der Waals surface area contributed by atoms with Gasteiger partial charge in [-0.15, -0.1) is 0 Å². The Balaban J connectivity index is 1.37. The van der Waals surface area contributed by atoms with Gasteiger partial charge in [-0.2, -0.15) is 0 Å². The number of aryl methyl sites for hydroxylation is 1. The highest BCUT2D eigenvalue weighted by Crippen LogP contribution is 2.12. The number of carbonyl (C=O) groups is 1. The van der Waals surface area contributed by atoms with E-state index in [1.807, 2.05) is 35.2 Å². The van der Waals surface area contributed by atoms with Crippen LogP contribution in [0.3, 0.4) is 0 Å². The van der Waals surface area contributed by atoms with Crippen molar-refractivity contribution >= 4 is 17.5 Å². The van der Waals surface area contributed by atoms with Crippen molar-refractivity contribution in [3.05, 3.63) is 70.7 Å². The lowest BCUT2D eigenvalue weighted by molar-refractivity contribution is -0.132. The molecule has 1 saturated heterocycles. The van der Waals surface area contributed by atoms with Gasteiger partial charge < -0.3 is 4.90 Å². The summed E-state index contributed by atoms with van der Waals surface area (Å²) < 4.78 is 0. The van der Waals surface area contributed by atoms with Crippen LogP contribution < -0.4 is 0 Å². The second-order valence-electron chi connectivity index (χ2n) is 6.58. The topological polar surface area (TPSA) is 23.6 Å². The summed E-state index contributed by atoms with van der Waals surface area (Å²) in [6.45, 7) is 4.64. The summed E-state index contributed by atoms with van der Waals surface area (Å²) in [5.74, 6) is 0.279. The van der Waals surface area contributed by atoms with Crippen molar-refractivity contribution in [2.45, 2.75) is 19.3 Å². The fraction of sp³-hybridized carbons (Fsp3) is 0.381. The van der Waals surface area contributed by atoms with E-state index in [0.717, 1.165) is 50.6 Å². The summed E-state index contributed by atoms with van der Waals surface area (Å²) in [5.41, 5.74) is 2.54. The average Bonchev–Trinajstić information content (AvgIpc) is 2.67. The first-order valence-electron chi connectivity index (χ1n) is 8.99. The van der Waals surface area contributed by atoms with E-state index in [1.54, 1.807) is 0 Å². The summed E-state index contributed by atoms with van der Waals surface area (Å²) in [5, 5.41) is 0.784. The lowest BCUT2D eigenvalue weighted by Gasteiger charge is -2.34. The lowest BCUT2D eigenvalue weighted by atomic mass is 10.1. The SMILES string of the molecule is O=C(CCc1ccccc1)N1CCN(CCc2ccc(Cl)cc2)CC1. The van der Waals surface area contributed by atoms with Crippen LogP contribution in [0.4, 0.5) is 0 Å². The van der Waals surface area contributed by atoms with Crippen LogP contribution in [0.2, 0.25) is 5.02 Å². The van der Waals surface area contributed by atoms with E-state index in [1.165, 1.54) is 11.1 Å². The van der Waals surface area contributed by atoms with Crippen molar-refractivity contribution in [2.75, 3.05) is 32.7 Å². The van der Waals surface area contributed by atoms with Crippen LogP contribution in [0.1, 0.15) is 17.5 Å². The van der Waals surface area contributed by atoms with E-state index >= 15 is 0 Å². The number of carbonyl (C=O) groups excluding carboxylic acids is 1. The highest BCUT2D eigenvalue weighted by Gasteiger charge is 2.20. The van der Waals surface area contributed by atoms with Gasteiger partial charge in [0.05, 0.1) is 0 Å². The molecule has 0 bridgehead atoms. The molecular weight excluding hydrogens is 332 g/mol. The number of amides is 1. The van der Waals surface area contributed by atoms with Gasteiger partial charge in [0.2, 0.25) is 5.91 Å². The van der Waals surface area contributed by atoms with Crippen molar-refractivity contribution in [3.63, 3.8) is 0 Å². The third kappa shape index (κ3) is 5.58. The van der Waals surface area contributed by atoms with E-state index in [2.05, 4.69) is 29.2 Å². The Morgan fingerprint density at radius 3 is 2.16 bits per heavy atom. The Morgan fingerprint density at radius 1 is 0.840 bits per heavy atom. The first kappa shape index (κ1) is 18.0. The summed E-state index contributed by atoms with van der Waals surface area (Å²) in [6.07, 6.45) is 2.46. The Kier molecular flexibility index (Phi) is 6.48. The van der Waals surface area contributed by atoms with Crippen LogP contribution in [0.25, 0.3) is 0 Å². The number of benzene rings is 2. The molecule has 0 aliphatic carbocycles. The predicted octanol–water partition coefficient (Wildman–Crippen LogP) is 3.66. The standard InChI is InChI=1S/C21H25ClN2O/c22-20-9-6-19(7-10-20)12-13-23-14-16-24(17-15-23)21(25)11-8-18-4-2-1-3-5-18/h1-7,9-10H,8,11-17H2. The Hall–Kier alpha value is -1.84. The van der Waals surface area contributed by atoms with E-state index in [9.17, 15) is 4.79 Å². The van der Waals surface area contributed by atoms with E-state index in [-0.39, 0.29) is 5.91 Å². The Morgan fingerprint density at radius 2 is 1.48 bits per heavy atom. The molecule has 25 heavy (non-hydrogen) atoms. The van der Waals surface area contributed by atoms with Gasteiger partial charge in [0.1, 0.15) is 0 Å². The summed E-state index contributed by atoms with van der Waals surface area (Å²) in [7, 11) is 0. The number of halogens is 1. The van der Waals surface area contributed by atoms with Crippen molar-refractivity contribution in [1.29, 1.82) is 0 Å². The van der Waals surface area contributed by atoms with Crippen LogP contribution >= 0.6 is 11.6 Å². The maximum atomic E-state index is 12.4. The van der Waals surface area contributed by atoms with E-state index < -0.39 is 0 Å². The maximum absolute atomic E-state index is 12.4. The molecule has 0 spiro atoms. The average molecular weight is 357 g/mol. The second kappa shape index (κ2) is 9.02. The third-order valence-corrected chi connectivity index (χ3v) is 5.08. The zero-order valence-electron chi connectivity index (χ0n) is 14.5. The van der Waals surface area contributed by atoms with Crippen LogP contribution in [-0.2, 0) is 17.6 Å². The van der Waals surface area contributed by atoms with Crippen LogP contribution in [0.5, 0.6) is 0 Å². The minimum absolute atomic E-state index is 0.279. The zero-order valence-corrected chi connectivity index (χ0v) is 15.3. The molecule has 132 valence electrons. The van der Waals surface area contributed by atoms with E-state index in [0.29, 0.717) is 6.42 Å². The number of piperazine rings is 1. The molecule has 0 atom stereocenters.